The Hall–Kier alpha value is -2.18. The van der Waals surface area contributed by atoms with E-state index < -0.39 is 12.7 Å². The third kappa shape index (κ3) is 5.18. The number of benzene rings is 1. The molecule has 1 atom stereocenters. The van der Waals surface area contributed by atoms with Gasteiger partial charge in [-0.05, 0) is 37.8 Å². The Morgan fingerprint density at radius 1 is 1.33 bits per heavy atom. The summed E-state index contributed by atoms with van der Waals surface area (Å²) in [6, 6.07) is 6.24. The molecule has 5 nitrogen and oxygen atoms in total. The summed E-state index contributed by atoms with van der Waals surface area (Å²) in [6.07, 6.45) is 2.51. The van der Waals surface area contributed by atoms with Crippen LogP contribution in [0.2, 0.25) is 0 Å². The minimum absolute atomic E-state index is 0.00356. The maximum atomic E-state index is 12.3. The largest absolute Gasteiger partial charge is 0.434 e. The number of alkyl halides is 2. The van der Waals surface area contributed by atoms with Crippen molar-refractivity contribution in [2.24, 2.45) is 11.1 Å². The number of hydrogen-bond donors (Lipinski definition) is 0. The fourth-order valence-electron chi connectivity index (χ4n) is 2.50. The lowest BCUT2D eigenvalue weighted by Crippen LogP contribution is -2.43. The van der Waals surface area contributed by atoms with Crippen LogP contribution in [0.3, 0.4) is 0 Å². The Bertz CT molecular complexity index is 573. The lowest BCUT2D eigenvalue weighted by atomic mass is 9.99. The highest BCUT2D eigenvalue weighted by Crippen LogP contribution is 2.19. The van der Waals surface area contributed by atoms with Crippen molar-refractivity contribution >= 4 is 12.1 Å². The molecule has 1 aliphatic heterocycles. The number of carbonyl (C=O) groups excluding carboxylic acids is 1. The summed E-state index contributed by atoms with van der Waals surface area (Å²) in [5.74, 6) is 0.523. The number of nitrogens with zero attached hydrogens (tertiary/aromatic N) is 2. The third-order valence-electron chi connectivity index (χ3n) is 3.99. The predicted octanol–water partition coefficient (Wildman–Crippen LogP) is 3.29. The first-order chi connectivity index (χ1) is 11.5. The lowest BCUT2D eigenvalue weighted by molar-refractivity contribution is -0.143. The summed E-state index contributed by atoms with van der Waals surface area (Å²) in [4.78, 5) is 19.2. The van der Waals surface area contributed by atoms with E-state index in [-0.39, 0.29) is 11.7 Å². The van der Waals surface area contributed by atoms with Crippen LogP contribution in [0.25, 0.3) is 0 Å². The van der Waals surface area contributed by atoms with Crippen LogP contribution >= 0.6 is 0 Å². The van der Waals surface area contributed by atoms with Gasteiger partial charge in [-0.15, -0.1) is 0 Å². The second kappa shape index (κ2) is 8.61. The van der Waals surface area contributed by atoms with E-state index in [4.69, 9.17) is 4.84 Å². The minimum atomic E-state index is -2.91. The number of hydrogen-bond acceptors (Lipinski definition) is 4. The van der Waals surface area contributed by atoms with Gasteiger partial charge in [0, 0.05) is 18.7 Å². The number of carbonyl (C=O) groups is 1. The Morgan fingerprint density at radius 2 is 2.00 bits per heavy atom. The van der Waals surface area contributed by atoms with Crippen molar-refractivity contribution in [1.82, 2.24) is 4.90 Å². The normalized spacial score (nSPS) is 17.3. The van der Waals surface area contributed by atoms with Gasteiger partial charge in [-0.25, -0.2) is 0 Å². The molecule has 0 spiro atoms. The van der Waals surface area contributed by atoms with Gasteiger partial charge in [-0.2, -0.15) is 8.78 Å². The monoisotopic (exact) mass is 340 g/mol. The second-order valence-corrected chi connectivity index (χ2v) is 5.91. The Balaban J connectivity index is 1.90. The molecule has 1 fully saturated rings. The summed E-state index contributed by atoms with van der Waals surface area (Å²) in [5, 5.41) is 3.74. The fraction of sp³-hybridized carbons (Fsp3) is 0.529. The molecule has 0 radical (unpaired) electrons. The van der Waals surface area contributed by atoms with E-state index in [2.05, 4.69) is 16.8 Å². The van der Waals surface area contributed by atoms with E-state index in [0.717, 1.165) is 25.9 Å². The molecule has 24 heavy (non-hydrogen) atoms. The van der Waals surface area contributed by atoms with Gasteiger partial charge < -0.3 is 14.5 Å². The lowest BCUT2D eigenvalue weighted by Gasteiger charge is -2.31. The molecule has 1 saturated heterocycles. The summed E-state index contributed by atoms with van der Waals surface area (Å²) in [5.41, 5.74) is 0.351. The van der Waals surface area contributed by atoms with Gasteiger partial charge in [0.05, 0.1) is 6.21 Å². The number of rotatable bonds is 6. The molecule has 0 aliphatic carbocycles. The van der Waals surface area contributed by atoms with Gasteiger partial charge >= 0.3 is 6.61 Å². The van der Waals surface area contributed by atoms with E-state index in [1.807, 2.05) is 0 Å². The SMILES string of the molecule is CC1CCN(C(=O)C(C)O/N=C/c2ccccc2OC(F)F)CC1. The minimum Gasteiger partial charge on any atom is -0.434 e. The summed E-state index contributed by atoms with van der Waals surface area (Å²) in [7, 11) is 0. The van der Waals surface area contributed by atoms with Crippen LogP contribution in [0, 0.1) is 5.92 Å². The van der Waals surface area contributed by atoms with Gasteiger partial charge in [-0.3, -0.25) is 4.79 Å². The van der Waals surface area contributed by atoms with Gasteiger partial charge in [0.1, 0.15) is 5.75 Å². The molecular weight excluding hydrogens is 318 g/mol. The average molecular weight is 340 g/mol. The van der Waals surface area contributed by atoms with Crippen LogP contribution in [0.15, 0.2) is 29.4 Å². The van der Waals surface area contributed by atoms with Crippen molar-refractivity contribution in [3.63, 3.8) is 0 Å². The smallest absolute Gasteiger partial charge is 0.387 e. The molecule has 1 aromatic rings. The second-order valence-electron chi connectivity index (χ2n) is 5.91. The van der Waals surface area contributed by atoms with Gasteiger partial charge in [-0.1, -0.05) is 24.2 Å². The first-order valence-electron chi connectivity index (χ1n) is 7.99. The van der Waals surface area contributed by atoms with Crippen molar-refractivity contribution in [2.75, 3.05) is 13.1 Å². The topological polar surface area (TPSA) is 51.1 Å². The zero-order valence-corrected chi connectivity index (χ0v) is 13.8. The Labute approximate surface area is 140 Å². The van der Waals surface area contributed by atoms with Crippen molar-refractivity contribution < 1.29 is 23.1 Å². The predicted molar refractivity (Wildman–Crippen MR) is 86.2 cm³/mol. The number of halogens is 2. The van der Waals surface area contributed by atoms with Crippen molar-refractivity contribution in [1.29, 1.82) is 0 Å². The molecule has 0 N–H and O–H groups in total. The zero-order chi connectivity index (χ0) is 17.5. The number of amides is 1. The van der Waals surface area contributed by atoms with Gasteiger partial charge in [0.2, 0.25) is 6.10 Å². The summed E-state index contributed by atoms with van der Waals surface area (Å²) in [6.45, 7) is 2.33. The van der Waals surface area contributed by atoms with Gasteiger partial charge in [0.25, 0.3) is 5.91 Å². The zero-order valence-electron chi connectivity index (χ0n) is 13.8. The molecular formula is C17H22F2N2O3. The molecule has 1 heterocycles. The van der Waals surface area contributed by atoms with Crippen LogP contribution in [0.5, 0.6) is 5.75 Å². The third-order valence-corrected chi connectivity index (χ3v) is 3.99. The first kappa shape index (κ1) is 18.2. The molecule has 1 aliphatic rings. The van der Waals surface area contributed by atoms with E-state index in [1.54, 1.807) is 30.0 Å². The summed E-state index contributed by atoms with van der Waals surface area (Å²) >= 11 is 0. The van der Waals surface area contributed by atoms with E-state index in [9.17, 15) is 13.6 Å². The van der Waals surface area contributed by atoms with E-state index >= 15 is 0 Å². The van der Waals surface area contributed by atoms with Crippen molar-refractivity contribution in [3.05, 3.63) is 29.8 Å². The highest BCUT2D eigenvalue weighted by molar-refractivity contribution is 5.83. The number of ether oxygens (including phenoxy) is 1. The maximum Gasteiger partial charge on any atom is 0.387 e. The van der Waals surface area contributed by atoms with Crippen molar-refractivity contribution in [2.45, 2.75) is 39.4 Å². The highest BCUT2D eigenvalue weighted by atomic mass is 19.3. The van der Waals surface area contributed by atoms with Crippen LogP contribution < -0.4 is 4.74 Å². The molecule has 0 bridgehead atoms. The molecule has 1 aromatic carbocycles. The molecule has 0 aromatic heterocycles. The van der Waals surface area contributed by atoms with E-state index in [1.165, 1.54) is 12.3 Å². The van der Waals surface area contributed by atoms with Gasteiger partial charge in [0.15, 0.2) is 0 Å². The number of piperidine rings is 1. The average Bonchev–Trinajstić information content (AvgIpc) is 2.56. The summed E-state index contributed by atoms with van der Waals surface area (Å²) < 4.78 is 29.1. The molecule has 7 heteroatoms. The Kier molecular flexibility index (Phi) is 6.52. The molecule has 1 unspecified atom stereocenters. The number of para-hydroxylation sites is 1. The quantitative estimate of drug-likeness (QED) is 0.590. The maximum absolute atomic E-state index is 12.3. The Morgan fingerprint density at radius 3 is 2.67 bits per heavy atom. The fourth-order valence-corrected chi connectivity index (χ4v) is 2.50. The van der Waals surface area contributed by atoms with Crippen molar-refractivity contribution in [3.8, 4) is 5.75 Å². The van der Waals surface area contributed by atoms with Crippen LogP contribution in [0.4, 0.5) is 8.78 Å². The van der Waals surface area contributed by atoms with Crippen LogP contribution in [-0.2, 0) is 9.63 Å². The molecule has 0 saturated carbocycles. The van der Waals surface area contributed by atoms with Crippen LogP contribution in [0.1, 0.15) is 32.3 Å². The molecule has 1 amide bonds. The van der Waals surface area contributed by atoms with E-state index in [0.29, 0.717) is 11.5 Å². The standard InChI is InChI=1S/C17H22F2N2O3/c1-12-7-9-21(10-8-12)16(22)13(2)24-20-11-14-5-3-4-6-15(14)23-17(18)19/h3-6,11-13,17H,7-10H2,1-2H3/b20-11+. The van der Waals surface area contributed by atoms with Crippen LogP contribution in [-0.4, -0.2) is 42.8 Å². The number of likely N-dealkylation sites (tertiary alicyclic amines) is 1. The molecule has 132 valence electrons. The highest BCUT2D eigenvalue weighted by Gasteiger charge is 2.25. The number of oxime groups is 1. The molecule has 2 rings (SSSR count). The first-order valence-corrected chi connectivity index (χ1v) is 7.99.